The largest absolute Gasteiger partial charge is 0.463 e. The Hall–Kier alpha value is -2.17. The monoisotopic (exact) mass is 383 g/mol. The third-order valence-electron chi connectivity index (χ3n) is 4.24. The second-order valence-corrected chi connectivity index (χ2v) is 7.81. The van der Waals surface area contributed by atoms with Crippen LogP contribution in [0.25, 0.3) is 0 Å². The first-order chi connectivity index (χ1) is 12.3. The third-order valence-corrected chi connectivity index (χ3v) is 6.39. The summed E-state index contributed by atoms with van der Waals surface area (Å²) in [6.45, 7) is 5.00. The molecule has 0 spiro atoms. The zero-order valence-corrected chi connectivity index (χ0v) is 15.7. The zero-order chi connectivity index (χ0) is 18.9. The molecule has 9 nitrogen and oxygen atoms in total. The molecule has 2 aromatic rings. The van der Waals surface area contributed by atoms with E-state index in [1.54, 1.807) is 24.6 Å². The second-order valence-electron chi connectivity index (χ2n) is 5.93. The van der Waals surface area contributed by atoms with Crippen molar-refractivity contribution in [3.05, 3.63) is 35.0 Å². The standard InChI is InChI=1S/C16H21N3O6S/c1-11-15(26(21,22)18-6-8-24-9-7-18)12(2)19(17-11)10-13-4-5-14(25-13)16(20)23-3/h4-5H,6-10H2,1-3H3. The van der Waals surface area contributed by atoms with E-state index in [0.717, 1.165) is 0 Å². The molecule has 1 aliphatic heterocycles. The fraction of sp³-hybridized carbons (Fsp3) is 0.500. The summed E-state index contributed by atoms with van der Waals surface area (Å²) in [6.07, 6.45) is 0. The van der Waals surface area contributed by atoms with Crippen LogP contribution in [-0.2, 0) is 26.0 Å². The van der Waals surface area contributed by atoms with Crippen LogP contribution in [0.3, 0.4) is 0 Å². The summed E-state index contributed by atoms with van der Waals surface area (Å²) in [5.41, 5.74) is 0.943. The molecule has 0 radical (unpaired) electrons. The van der Waals surface area contributed by atoms with E-state index in [-0.39, 0.29) is 17.2 Å². The van der Waals surface area contributed by atoms with Gasteiger partial charge in [0, 0.05) is 13.1 Å². The Morgan fingerprint density at radius 1 is 1.27 bits per heavy atom. The van der Waals surface area contributed by atoms with Crippen LogP contribution in [0, 0.1) is 13.8 Å². The van der Waals surface area contributed by atoms with E-state index < -0.39 is 16.0 Å². The fourth-order valence-electron chi connectivity index (χ4n) is 2.94. The van der Waals surface area contributed by atoms with Crippen LogP contribution in [0.1, 0.15) is 27.7 Å². The van der Waals surface area contributed by atoms with Crippen molar-refractivity contribution in [2.45, 2.75) is 25.3 Å². The molecule has 0 bridgehead atoms. The van der Waals surface area contributed by atoms with Crippen molar-refractivity contribution < 1.29 is 27.1 Å². The summed E-state index contributed by atoms with van der Waals surface area (Å²) in [5.74, 6) is -0.00304. The molecule has 1 fully saturated rings. The number of rotatable bonds is 5. The van der Waals surface area contributed by atoms with Crippen LogP contribution in [0.4, 0.5) is 0 Å². The lowest BCUT2D eigenvalue weighted by Crippen LogP contribution is -2.41. The Bertz CT molecular complexity index is 909. The minimum atomic E-state index is -3.64. The van der Waals surface area contributed by atoms with Crippen LogP contribution in [0.15, 0.2) is 21.4 Å². The highest BCUT2D eigenvalue weighted by Crippen LogP contribution is 2.25. The number of hydrogen-bond acceptors (Lipinski definition) is 7. The van der Waals surface area contributed by atoms with Gasteiger partial charge in [0.05, 0.1) is 38.3 Å². The molecule has 0 saturated carbocycles. The third kappa shape index (κ3) is 3.39. The molecule has 2 aromatic heterocycles. The molecule has 3 heterocycles. The Kier molecular flexibility index (Phi) is 5.17. The van der Waals surface area contributed by atoms with Gasteiger partial charge in [-0.2, -0.15) is 9.40 Å². The number of ether oxygens (including phenoxy) is 2. The quantitative estimate of drug-likeness (QED) is 0.708. The molecule has 0 N–H and O–H groups in total. The maximum Gasteiger partial charge on any atom is 0.373 e. The van der Waals surface area contributed by atoms with E-state index in [9.17, 15) is 13.2 Å². The van der Waals surface area contributed by atoms with Gasteiger partial charge >= 0.3 is 5.97 Å². The van der Waals surface area contributed by atoms with E-state index in [2.05, 4.69) is 9.84 Å². The lowest BCUT2D eigenvalue weighted by atomic mass is 10.4. The highest BCUT2D eigenvalue weighted by atomic mass is 32.2. The van der Waals surface area contributed by atoms with Gasteiger partial charge in [0.2, 0.25) is 15.8 Å². The number of esters is 1. The molecule has 26 heavy (non-hydrogen) atoms. The van der Waals surface area contributed by atoms with Gasteiger partial charge < -0.3 is 13.9 Å². The van der Waals surface area contributed by atoms with Gasteiger partial charge in [0.15, 0.2) is 0 Å². The highest BCUT2D eigenvalue weighted by molar-refractivity contribution is 7.89. The molecule has 142 valence electrons. The molecule has 0 aromatic carbocycles. The predicted octanol–water partition coefficient (Wildman–Crippen LogP) is 0.949. The molecular formula is C16H21N3O6S. The Morgan fingerprint density at radius 2 is 1.96 bits per heavy atom. The number of morpholine rings is 1. The van der Waals surface area contributed by atoms with Gasteiger partial charge in [-0.15, -0.1) is 0 Å². The van der Waals surface area contributed by atoms with E-state index in [0.29, 0.717) is 43.5 Å². The molecule has 1 saturated heterocycles. The van der Waals surface area contributed by atoms with Crippen molar-refractivity contribution in [1.82, 2.24) is 14.1 Å². The summed E-state index contributed by atoms with van der Waals surface area (Å²) in [6, 6.07) is 3.15. The zero-order valence-electron chi connectivity index (χ0n) is 14.9. The van der Waals surface area contributed by atoms with Crippen molar-refractivity contribution in [2.24, 2.45) is 0 Å². The van der Waals surface area contributed by atoms with Gasteiger partial charge in [-0.1, -0.05) is 0 Å². The summed E-state index contributed by atoms with van der Waals surface area (Å²) in [7, 11) is -2.37. The maximum atomic E-state index is 13.0. The minimum Gasteiger partial charge on any atom is -0.463 e. The van der Waals surface area contributed by atoms with Crippen LogP contribution in [0.5, 0.6) is 0 Å². The molecule has 1 aliphatic rings. The number of carbonyl (C=O) groups is 1. The van der Waals surface area contributed by atoms with Crippen LogP contribution >= 0.6 is 0 Å². The van der Waals surface area contributed by atoms with Crippen LogP contribution in [-0.4, -0.2) is 61.9 Å². The van der Waals surface area contributed by atoms with E-state index in [1.165, 1.54) is 17.5 Å². The van der Waals surface area contributed by atoms with Gasteiger partial charge in [0.1, 0.15) is 10.7 Å². The SMILES string of the molecule is COC(=O)c1ccc(Cn2nc(C)c(S(=O)(=O)N3CCOCC3)c2C)o1. The average molecular weight is 383 g/mol. The summed E-state index contributed by atoms with van der Waals surface area (Å²) in [4.78, 5) is 11.7. The van der Waals surface area contributed by atoms with Crippen LogP contribution in [0.2, 0.25) is 0 Å². The summed E-state index contributed by atoms with van der Waals surface area (Å²) < 4.78 is 44.2. The smallest absolute Gasteiger partial charge is 0.373 e. The van der Waals surface area contributed by atoms with E-state index >= 15 is 0 Å². The predicted molar refractivity (Wildman–Crippen MR) is 90.4 cm³/mol. The fourth-order valence-corrected chi connectivity index (χ4v) is 4.73. The molecule has 0 aliphatic carbocycles. The first kappa shape index (κ1) is 18.6. The first-order valence-electron chi connectivity index (χ1n) is 8.13. The van der Waals surface area contributed by atoms with Crippen molar-refractivity contribution >= 4 is 16.0 Å². The number of sulfonamides is 1. The molecule has 10 heteroatoms. The van der Waals surface area contributed by atoms with Crippen molar-refractivity contribution in [1.29, 1.82) is 0 Å². The number of carbonyl (C=O) groups excluding carboxylic acids is 1. The van der Waals surface area contributed by atoms with Gasteiger partial charge in [0.25, 0.3) is 0 Å². The van der Waals surface area contributed by atoms with Gasteiger partial charge in [-0.05, 0) is 26.0 Å². The molecule has 0 unspecified atom stereocenters. The number of aryl methyl sites for hydroxylation is 1. The normalized spacial score (nSPS) is 16.0. The lowest BCUT2D eigenvalue weighted by Gasteiger charge is -2.26. The lowest BCUT2D eigenvalue weighted by molar-refractivity contribution is 0.0562. The Labute approximate surface area is 151 Å². The average Bonchev–Trinajstić information content (AvgIpc) is 3.20. The molecule has 3 rings (SSSR count). The molecular weight excluding hydrogens is 362 g/mol. The van der Waals surface area contributed by atoms with Gasteiger partial charge in [-0.3, -0.25) is 4.68 Å². The number of aromatic nitrogens is 2. The number of methoxy groups -OCH3 is 1. The number of nitrogens with zero attached hydrogens (tertiary/aromatic N) is 3. The Morgan fingerprint density at radius 3 is 2.62 bits per heavy atom. The molecule has 0 atom stereocenters. The number of furan rings is 1. The number of hydrogen-bond donors (Lipinski definition) is 0. The highest BCUT2D eigenvalue weighted by Gasteiger charge is 2.32. The summed E-state index contributed by atoms with van der Waals surface area (Å²) in [5, 5.41) is 4.34. The maximum absolute atomic E-state index is 13.0. The molecule has 0 amide bonds. The first-order valence-corrected chi connectivity index (χ1v) is 9.57. The minimum absolute atomic E-state index is 0.0881. The van der Waals surface area contributed by atoms with Crippen molar-refractivity contribution in [2.75, 3.05) is 33.4 Å². The second kappa shape index (κ2) is 7.22. The van der Waals surface area contributed by atoms with Crippen molar-refractivity contribution in [3.63, 3.8) is 0 Å². The van der Waals surface area contributed by atoms with E-state index in [4.69, 9.17) is 9.15 Å². The van der Waals surface area contributed by atoms with Crippen molar-refractivity contribution in [3.8, 4) is 0 Å². The van der Waals surface area contributed by atoms with Gasteiger partial charge in [-0.25, -0.2) is 13.2 Å². The summed E-state index contributed by atoms with van der Waals surface area (Å²) >= 11 is 0. The topological polar surface area (TPSA) is 104 Å². The van der Waals surface area contributed by atoms with E-state index in [1.807, 2.05) is 0 Å². The van der Waals surface area contributed by atoms with Crippen LogP contribution < -0.4 is 0 Å². The Balaban J connectivity index is 1.88.